The molecule has 3 fully saturated rings. The maximum absolute atomic E-state index is 13.3. The Bertz CT molecular complexity index is 1650. The third-order valence-corrected chi connectivity index (χ3v) is 10.6. The van der Waals surface area contributed by atoms with E-state index in [9.17, 15) is 39.5 Å². The highest BCUT2D eigenvalue weighted by atomic mass is 19.4. The van der Waals surface area contributed by atoms with Gasteiger partial charge in [0.05, 0.1) is 29.9 Å². The molecule has 1 N–H and O–H groups in total. The summed E-state index contributed by atoms with van der Waals surface area (Å²) in [7, 11) is 1.99. The van der Waals surface area contributed by atoms with E-state index in [1.807, 2.05) is 64.5 Å². The van der Waals surface area contributed by atoms with Crippen LogP contribution in [0.2, 0.25) is 0 Å². The molecule has 3 heterocycles. The van der Waals surface area contributed by atoms with Gasteiger partial charge >= 0.3 is 18.5 Å². The van der Waals surface area contributed by atoms with Gasteiger partial charge < -0.3 is 29.7 Å². The van der Waals surface area contributed by atoms with Crippen molar-refractivity contribution in [1.29, 1.82) is 0 Å². The lowest BCUT2D eigenvalue weighted by molar-refractivity contribution is -0.138. The maximum atomic E-state index is 13.3. The quantitative estimate of drug-likeness (QED) is 0.249. The molecule has 3 aliphatic heterocycles. The van der Waals surface area contributed by atoms with Crippen LogP contribution in [0.15, 0.2) is 54.6 Å². The largest absolute Gasteiger partial charge is 0.418 e. The number of hydrogen-bond acceptors (Lipinski definition) is 6. The molecule has 0 bridgehead atoms. The molecule has 0 saturated carbocycles. The normalized spacial score (nSPS) is 17.3. The average molecular weight is 832 g/mol. The summed E-state index contributed by atoms with van der Waals surface area (Å²) in [6.07, 6.45) is -12.9. The summed E-state index contributed by atoms with van der Waals surface area (Å²) in [5, 5.41) is 3.15. The highest BCUT2D eigenvalue weighted by molar-refractivity contribution is 5.59. The maximum Gasteiger partial charge on any atom is 0.418 e. The summed E-state index contributed by atoms with van der Waals surface area (Å²) in [4.78, 5) is 7.53. The first-order chi connectivity index (χ1) is 27.1. The number of ether oxygens (including phenoxy) is 1. The van der Waals surface area contributed by atoms with E-state index in [0.29, 0.717) is 69.4 Å². The summed E-state index contributed by atoms with van der Waals surface area (Å²) in [5.74, 6) is 0.274. The summed E-state index contributed by atoms with van der Waals surface area (Å²) in [6, 6.07) is 14.1. The summed E-state index contributed by atoms with van der Waals surface area (Å²) < 4.78 is 124. The van der Waals surface area contributed by atoms with Crippen LogP contribution >= 0.6 is 0 Å². The van der Waals surface area contributed by atoms with Gasteiger partial charge in [-0.2, -0.15) is 39.5 Å². The number of benzene rings is 3. The fourth-order valence-electron chi connectivity index (χ4n) is 7.00. The average Bonchev–Trinajstić information content (AvgIpc) is 3.17. The number of nitrogens with zero attached hydrogens (tertiary/aromatic N) is 4. The number of hydrogen-bond donors (Lipinski definition) is 1. The van der Waals surface area contributed by atoms with E-state index in [1.165, 1.54) is 18.2 Å². The van der Waals surface area contributed by atoms with Crippen LogP contribution in [0.25, 0.3) is 0 Å². The Hall–Kier alpha value is -3.69. The zero-order chi connectivity index (χ0) is 43.0. The van der Waals surface area contributed by atoms with Crippen LogP contribution in [-0.4, -0.2) is 90.6 Å². The van der Waals surface area contributed by atoms with Crippen molar-refractivity contribution in [2.45, 2.75) is 77.8 Å². The molecule has 0 unspecified atom stereocenters. The standard InChI is InChI=1S/C15H21F3N2.C14H19F3N2.C14H18F3NO/c1-11(2)12-4-5-14(13(10-12)15(16,17)18)20-8-6-19(3)7-9-20;1-10(2)11-3-4-13(12(9-11)14(15,16)17)19-7-5-18-6-8-19;1-10(2)11-3-4-13(12(9-11)14(15,16)17)18-5-7-19-8-6-18/h4-5,10-11H,6-9H2,1-3H3;3-4,9-10,18H,5-8H2,1-2H3;3-4,9-10H,5-8H2,1-2H3. The van der Waals surface area contributed by atoms with Crippen molar-refractivity contribution in [3.8, 4) is 0 Å². The number of morpholine rings is 1. The van der Waals surface area contributed by atoms with Crippen molar-refractivity contribution >= 4 is 17.1 Å². The molecule has 0 spiro atoms. The van der Waals surface area contributed by atoms with Gasteiger partial charge in [-0.15, -0.1) is 0 Å². The van der Waals surface area contributed by atoms with E-state index in [0.717, 1.165) is 37.3 Å². The lowest BCUT2D eigenvalue weighted by Gasteiger charge is -2.35. The van der Waals surface area contributed by atoms with Gasteiger partial charge in [-0.1, -0.05) is 59.7 Å². The molecule has 0 atom stereocenters. The first kappa shape index (κ1) is 47.0. The van der Waals surface area contributed by atoms with Crippen LogP contribution in [-0.2, 0) is 23.3 Å². The van der Waals surface area contributed by atoms with Gasteiger partial charge in [-0.3, -0.25) is 0 Å². The lowest BCUT2D eigenvalue weighted by Crippen LogP contribution is -2.45. The summed E-state index contributed by atoms with van der Waals surface area (Å²) in [6.45, 7) is 18.9. The molecule has 0 aliphatic carbocycles. The van der Waals surface area contributed by atoms with Gasteiger partial charge in [-0.25, -0.2) is 0 Å². The fourth-order valence-corrected chi connectivity index (χ4v) is 7.00. The van der Waals surface area contributed by atoms with E-state index in [1.54, 1.807) is 35.2 Å². The van der Waals surface area contributed by atoms with Crippen molar-refractivity contribution in [1.82, 2.24) is 10.2 Å². The summed E-state index contributed by atoms with van der Waals surface area (Å²) >= 11 is 0. The Kier molecular flexibility index (Phi) is 16.2. The Labute approximate surface area is 337 Å². The third kappa shape index (κ3) is 12.9. The number of nitrogens with one attached hydrogen (secondary N) is 1. The minimum absolute atomic E-state index is 0.0832. The first-order valence-corrected chi connectivity index (χ1v) is 19.9. The van der Waals surface area contributed by atoms with Crippen LogP contribution in [0, 0.1) is 0 Å². The van der Waals surface area contributed by atoms with Crippen LogP contribution < -0.4 is 20.0 Å². The Morgan fingerprint density at radius 1 is 0.466 bits per heavy atom. The van der Waals surface area contributed by atoms with E-state index < -0.39 is 35.2 Å². The smallest absolute Gasteiger partial charge is 0.378 e. The second-order valence-corrected chi connectivity index (χ2v) is 15.9. The van der Waals surface area contributed by atoms with E-state index >= 15 is 0 Å². The van der Waals surface area contributed by atoms with Crippen molar-refractivity contribution < 1.29 is 44.3 Å². The highest BCUT2D eigenvalue weighted by Gasteiger charge is 2.38. The van der Waals surface area contributed by atoms with Crippen LogP contribution in [0.1, 0.15) is 92.7 Å². The number of rotatable bonds is 6. The number of alkyl halides is 9. The number of anilines is 3. The van der Waals surface area contributed by atoms with Crippen molar-refractivity contribution in [3.63, 3.8) is 0 Å². The predicted molar refractivity (Wildman–Crippen MR) is 214 cm³/mol. The van der Waals surface area contributed by atoms with Crippen molar-refractivity contribution in [3.05, 3.63) is 88.0 Å². The molecule has 0 radical (unpaired) electrons. The molecule has 3 aliphatic rings. The molecule has 3 saturated heterocycles. The molecular formula is C43H58F9N5O. The topological polar surface area (TPSA) is 34.2 Å². The SMILES string of the molecule is CC(C)c1ccc(N2CCN(C)CC2)c(C(F)(F)F)c1.CC(C)c1ccc(N2CCNCC2)c(C(F)(F)F)c1.CC(C)c1ccc(N2CCOCC2)c(C(F)(F)F)c1. The molecule has 58 heavy (non-hydrogen) atoms. The minimum Gasteiger partial charge on any atom is -0.378 e. The lowest BCUT2D eigenvalue weighted by atomic mass is 9.98. The molecule has 0 amide bonds. The number of likely N-dealkylation sites (N-methyl/N-ethyl adjacent to an activating group) is 1. The molecule has 0 aromatic heterocycles. The Morgan fingerprint density at radius 2 is 0.776 bits per heavy atom. The van der Waals surface area contributed by atoms with Gasteiger partial charge in [0.15, 0.2) is 0 Å². The van der Waals surface area contributed by atoms with Gasteiger partial charge in [0.2, 0.25) is 0 Å². The minimum atomic E-state index is -4.32. The second-order valence-electron chi connectivity index (χ2n) is 15.9. The van der Waals surface area contributed by atoms with Gasteiger partial charge in [0.25, 0.3) is 0 Å². The molecule has 15 heteroatoms. The monoisotopic (exact) mass is 831 g/mol. The summed E-state index contributed by atoms with van der Waals surface area (Å²) in [5.41, 5.74) is 1.49. The zero-order valence-electron chi connectivity index (χ0n) is 34.5. The van der Waals surface area contributed by atoms with E-state index in [4.69, 9.17) is 4.74 Å². The fraction of sp³-hybridized carbons (Fsp3) is 0.581. The third-order valence-electron chi connectivity index (χ3n) is 10.6. The van der Waals surface area contributed by atoms with Crippen molar-refractivity contribution in [2.24, 2.45) is 0 Å². The van der Waals surface area contributed by atoms with E-state index in [2.05, 4.69) is 10.2 Å². The molecule has 6 rings (SSSR count). The van der Waals surface area contributed by atoms with Crippen molar-refractivity contribution in [2.75, 3.05) is 100 Å². The van der Waals surface area contributed by atoms with Gasteiger partial charge in [-0.05, 0) is 77.9 Å². The highest BCUT2D eigenvalue weighted by Crippen LogP contribution is 2.41. The number of piperazine rings is 2. The van der Waals surface area contributed by atoms with Crippen LogP contribution in [0.4, 0.5) is 56.6 Å². The predicted octanol–water partition coefficient (Wildman–Crippen LogP) is 10.5. The number of halogens is 9. The molecular weight excluding hydrogens is 773 g/mol. The Balaban J connectivity index is 0.000000193. The molecule has 3 aromatic rings. The first-order valence-electron chi connectivity index (χ1n) is 19.9. The van der Waals surface area contributed by atoms with Crippen LogP contribution in [0.5, 0.6) is 0 Å². The zero-order valence-corrected chi connectivity index (χ0v) is 34.5. The van der Waals surface area contributed by atoms with Gasteiger partial charge in [0.1, 0.15) is 0 Å². The molecule has 3 aromatic carbocycles. The second kappa shape index (κ2) is 20.0. The molecule has 6 nitrogen and oxygen atoms in total. The van der Waals surface area contributed by atoms with Crippen LogP contribution in [0.3, 0.4) is 0 Å². The molecule has 324 valence electrons. The Morgan fingerprint density at radius 3 is 1.09 bits per heavy atom. The van der Waals surface area contributed by atoms with E-state index in [-0.39, 0.29) is 23.4 Å². The van der Waals surface area contributed by atoms with Gasteiger partial charge in [0, 0.05) is 82.5 Å².